The van der Waals surface area contributed by atoms with Crippen molar-refractivity contribution in [3.05, 3.63) is 70.5 Å². The number of nitrogens with zero attached hydrogens (tertiary/aromatic N) is 2. The smallest absolute Gasteiger partial charge is 0.231 e. The Balaban J connectivity index is 1.64. The van der Waals surface area contributed by atoms with Gasteiger partial charge in [0.15, 0.2) is 11.6 Å². The number of hydrogen-bond acceptors (Lipinski definition) is 4. The van der Waals surface area contributed by atoms with Gasteiger partial charge in [-0.2, -0.15) is 0 Å². The van der Waals surface area contributed by atoms with Gasteiger partial charge in [0.05, 0.1) is 5.69 Å². The van der Waals surface area contributed by atoms with Crippen molar-refractivity contribution >= 4 is 21.4 Å². The molecule has 1 atom stereocenters. The first-order chi connectivity index (χ1) is 13.2. The van der Waals surface area contributed by atoms with E-state index < -0.39 is 27.6 Å². The quantitative estimate of drug-likeness (QED) is 0.627. The fraction of sp³-hybridized carbons (Fsp3) is 0.211. The predicted molar refractivity (Wildman–Crippen MR) is 99.7 cm³/mol. The maximum absolute atomic E-state index is 14.6. The highest BCUT2D eigenvalue weighted by Crippen LogP contribution is 2.38. The van der Waals surface area contributed by atoms with Gasteiger partial charge in [-0.3, -0.25) is 4.57 Å². The Bertz CT molecular complexity index is 1180. The van der Waals surface area contributed by atoms with Gasteiger partial charge in [0.25, 0.3) is 0 Å². The van der Waals surface area contributed by atoms with Crippen LogP contribution in [0.1, 0.15) is 23.7 Å². The molecule has 0 fully saturated rings. The van der Waals surface area contributed by atoms with Crippen molar-refractivity contribution in [3.8, 4) is 11.4 Å². The van der Waals surface area contributed by atoms with Crippen LogP contribution in [-0.2, 0) is 16.3 Å². The Morgan fingerprint density at radius 2 is 2.00 bits per heavy atom. The van der Waals surface area contributed by atoms with Crippen LogP contribution in [0.15, 0.2) is 47.9 Å². The maximum Gasteiger partial charge on any atom is 0.231 e. The van der Waals surface area contributed by atoms with Gasteiger partial charge in [0.1, 0.15) is 11.9 Å². The van der Waals surface area contributed by atoms with E-state index in [1.807, 2.05) is 0 Å². The van der Waals surface area contributed by atoms with Crippen LogP contribution in [0.25, 0.3) is 5.69 Å². The normalized spacial score (nSPS) is 16.2. The lowest BCUT2D eigenvalue weighted by molar-refractivity contribution is 0.198. The molecule has 0 spiro atoms. The minimum absolute atomic E-state index is 0.0111. The summed E-state index contributed by atoms with van der Waals surface area (Å²) in [5, 5.41) is 0.0754. The lowest BCUT2D eigenvalue weighted by Gasteiger charge is -2.17. The number of halogens is 3. The topological polar surface area (TPSA) is 61.2 Å². The van der Waals surface area contributed by atoms with E-state index >= 15 is 0 Å². The first-order valence-electron chi connectivity index (χ1n) is 8.42. The van der Waals surface area contributed by atoms with Crippen molar-refractivity contribution in [1.29, 1.82) is 0 Å². The monoisotopic (exact) mass is 424 g/mol. The lowest BCUT2D eigenvalue weighted by Crippen LogP contribution is -2.08. The highest BCUT2D eigenvalue weighted by Gasteiger charge is 2.28. The third kappa shape index (κ3) is 3.38. The third-order valence-corrected chi connectivity index (χ3v) is 5.78. The molecule has 1 aliphatic rings. The number of hydrogen-bond donors (Lipinski definition) is 0. The van der Waals surface area contributed by atoms with Crippen LogP contribution < -0.4 is 4.74 Å². The Morgan fingerprint density at radius 1 is 1.21 bits per heavy atom. The average Bonchev–Trinajstić information content (AvgIpc) is 3.24. The van der Waals surface area contributed by atoms with Crippen LogP contribution in [0.2, 0.25) is 5.02 Å². The highest BCUT2D eigenvalue weighted by atomic mass is 35.5. The molecule has 1 aromatic heterocycles. The van der Waals surface area contributed by atoms with Gasteiger partial charge in [0.2, 0.25) is 15.0 Å². The molecule has 2 aromatic carbocycles. The van der Waals surface area contributed by atoms with Gasteiger partial charge in [-0.1, -0.05) is 11.6 Å². The molecule has 0 amide bonds. The zero-order valence-corrected chi connectivity index (χ0v) is 16.3. The Morgan fingerprint density at radius 3 is 2.71 bits per heavy atom. The molecule has 3 aromatic rings. The number of sulfone groups is 1. The predicted octanol–water partition coefficient (Wildman–Crippen LogP) is 4.27. The largest absolute Gasteiger partial charge is 0.483 e. The van der Waals surface area contributed by atoms with Crippen molar-refractivity contribution in [2.75, 3.05) is 6.26 Å². The molecule has 9 heteroatoms. The molecule has 0 saturated heterocycles. The molecule has 146 valence electrons. The van der Waals surface area contributed by atoms with Crippen LogP contribution in [0.5, 0.6) is 5.75 Å². The molecule has 0 aliphatic heterocycles. The first-order valence-corrected chi connectivity index (χ1v) is 10.7. The van der Waals surface area contributed by atoms with Crippen LogP contribution in [0.4, 0.5) is 8.78 Å². The number of imidazole rings is 1. The van der Waals surface area contributed by atoms with E-state index in [9.17, 15) is 17.2 Å². The second-order valence-electron chi connectivity index (χ2n) is 6.57. The zero-order chi connectivity index (χ0) is 20.1. The zero-order valence-electron chi connectivity index (χ0n) is 14.7. The third-order valence-electron chi connectivity index (χ3n) is 4.60. The second-order valence-corrected chi connectivity index (χ2v) is 8.91. The van der Waals surface area contributed by atoms with Crippen LogP contribution >= 0.6 is 11.6 Å². The van der Waals surface area contributed by atoms with Gasteiger partial charge < -0.3 is 4.74 Å². The molecule has 0 saturated carbocycles. The van der Waals surface area contributed by atoms with E-state index in [-0.39, 0.29) is 15.9 Å². The van der Waals surface area contributed by atoms with Gasteiger partial charge >= 0.3 is 0 Å². The summed E-state index contributed by atoms with van der Waals surface area (Å²) in [6.45, 7) is 0. The molecular weight excluding hydrogens is 410 g/mol. The summed E-state index contributed by atoms with van der Waals surface area (Å²) in [6.07, 6.45) is 4.27. The average molecular weight is 425 g/mol. The van der Waals surface area contributed by atoms with Crippen molar-refractivity contribution in [1.82, 2.24) is 9.55 Å². The molecule has 4 rings (SSSR count). The molecule has 5 nitrogen and oxygen atoms in total. The molecule has 28 heavy (non-hydrogen) atoms. The SMILES string of the molecule is CS(=O)(=O)c1nccn1-c1ccc(O[C@H]2CCc3c(F)cc(Cl)cc32)c(F)c1. The summed E-state index contributed by atoms with van der Waals surface area (Å²) < 4.78 is 59.3. The Kier molecular flexibility index (Phi) is 4.63. The van der Waals surface area contributed by atoms with E-state index in [0.717, 1.165) is 6.26 Å². The number of aromatic nitrogens is 2. The minimum Gasteiger partial charge on any atom is -0.483 e. The number of ether oxygens (including phenoxy) is 1. The van der Waals surface area contributed by atoms with E-state index in [4.69, 9.17) is 16.3 Å². The van der Waals surface area contributed by atoms with Crippen molar-refractivity contribution < 1.29 is 21.9 Å². The molecule has 0 N–H and O–H groups in total. The second kappa shape index (κ2) is 6.86. The summed E-state index contributed by atoms with van der Waals surface area (Å²) >= 11 is 5.93. The van der Waals surface area contributed by atoms with Gasteiger partial charge in [-0.25, -0.2) is 22.2 Å². The van der Waals surface area contributed by atoms with Crippen molar-refractivity contribution in [2.45, 2.75) is 24.1 Å². The number of rotatable bonds is 4. The minimum atomic E-state index is -3.57. The Hall–Kier alpha value is -2.45. The standard InChI is InChI=1S/C19H15ClF2N2O3S/c1-28(25,26)19-23-6-7-24(19)12-2-4-18(16(22)10-12)27-17-5-3-13-14(17)8-11(20)9-15(13)21/h2,4,6-10,17H,3,5H2,1H3/t17-/m0/s1. The van der Waals surface area contributed by atoms with Gasteiger partial charge in [0, 0.05) is 29.7 Å². The summed E-state index contributed by atoms with van der Waals surface area (Å²) in [5.74, 6) is -1.07. The van der Waals surface area contributed by atoms with E-state index in [1.165, 1.54) is 41.2 Å². The molecule has 0 bridgehead atoms. The van der Waals surface area contributed by atoms with Crippen LogP contribution in [0, 0.1) is 11.6 Å². The maximum atomic E-state index is 14.6. The van der Waals surface area contributed by atoms with E-state index in [2.05, 4.69) is 4.98 Å². The molecule has 1 aliphatic carbocycles. The van der Waals surface area contributed by atoms with Crippen molar-refractivity contribution in [3.63, 3.8) is 0 Å². The first kappa shape index (κ1) is 18.9. The van der Waals surface area contributed by atoms with Crippen LogP contribution in [0.3, 0.4) is 0 Å². The molecular formula is C19H15ClF2N2O3S. The highest BCUT2D eigenvalue weighted by molar-refractivity contribution is 7.90. The van der Waals surface area contributed by atoms with Gasteiger partial charge in [-0.15, -0.1) is 0 Å². The van der Waals surface area contributed by atoms with Crippen molar-refractivity contribution in [2.24, 2.45) is 0 Å². The Labute approximate surface area is 165 Å². The fourth-order valence-corrected chi connectivity index (χ4v) is 4.37. The van der Waals surface area contributed by atoms with Crippen LogP contribution in [-0.4, -0.2) is 24.2 Å². The molecule has 0 radical (unpaired) electrons. The number of benzene rings is 2. The van der Waals surface area contributed by atoms with Gasteiger partial charge in [-0.05, 0) is 48.2 Å². The van der Waals surface area contributed by atoms with E-state index in [1.54, 1.807) is 6.07 Å². The summed E-state index contributed by atoms with van der Waals surface area (Å²) in [4.78, 5) is 3.81. The summed E-state index contributed by atoms with van der Waals surface area (Å²) in [7, 11) is -3.57. The lowest BCUT2D eigenvalue weighted by atomic mass is 10.1. The fourth-order valence-electron chi connectivity index (χ4n) is 3.38. The molecule has 1 heterocycles. The molecule has 0 unspecified atom stereocenters. The number of fused-ring (bicyclic) bond motifs is 1. The van der Waals surface area contributed by atoms with E-state index in [0.29, 0.717) is 29.7 Å². The summed E-state index contributed by atoms with van der Waals surface area (Å²) in [6, 6.07) is 7.00. The summed E-state index contributed by atoms with van der Waals surface area (Å²) in [5.41, 5.74) is 1.44.